The number of aromatic nitrogens is 4. The van der Waals surface area contributed by atoms with Crippen molar-refractivity contribution in [2.45, 2.75) is 38.8 Å². The largest absolute Gasteiger partial charge is 0.378 e. The van der Waals surface area contributed by atoms with Gasteiger partial charge in [-0.05, 0) is 48.2 Å². The zero-order chi connectivity index (χ0) is 17.3. The van der Waals surface area contributed by atoms with Crippen molar-refractivity contribution >= 4 is 0 Å². The molecule has 25 heavy (non-hydrogen) atoms. The first-order valence-corrected chi connectivity index (χ1v) is 8.95. The molecule has 0 radical (unpaired) electrons. The summed E-state index contributed by atoms with van der Waals surface area (Å²) in [5, 5.41) is 12.5. The molecule has 2 aliphatic heterocycles. The third-order valence-corrected chi connectivity index (χ3v) is 5.16. The van der Waals surface area contributed by atoms with Gasteiger partial charge in [-0.25, -0.2) is 0 Å². The molecule has 2 aromatic rings. The van der Waals surface area contributed by atoms with Crippen LogP contribution in [0.5, 0.6) is 0 Å². The van der Waals surface area contributed by atoms with Crippen LogP contribution in [0.1, 0.15) is 29.8 Å². The topological polar surface area (TPSA) is 65.3 Å². The van der Waals surface area contributed by atoms with Gasteiger partial charge in [-0.3, -0.25) is 4.90 Å². The highest BCUT2D eigenvalue weighted by Gasteiger charge is 2.39. The lowest BCUT2D eigenvalue weighted by atomic mass is 9.94. The molecule has 2 saturated heterocycles. The highest BCUT2D eigenvalue weighted by Crippen LogP contribution is 2.28. The Bertz CT molecular complexity index is 713. The van der Waals surface area contributed by atoms with Crippen molar-refractivity contribution < 1.29 is 9.47 Å². The van der Waals surface area contributed by atoms with Gasteiger partial charge in [-0.1, -0.05) is 18.2 Å². The van der Waals surface area contributed by atoms with E-state index in [-0.39, 0.29) is 5.60 Å². The van der Waals surface area contributed by atoms with E-state index in [1.807, 2.05) is 4.68 Å². The van der Waals surface area contributed by atoms with Gasteiger partial charge in [0, 0.05) is 19.7 Å². The zero-order valence-corrected chi connectivity index (χ0v) is 14.9. The van der Waals surface area contributed by atoms with E-state index in [1.54, 1.807) is 0 Å². The highest BCUT2D eigenvalue weighted by molar-refractivity contribution is 5.46. The Morgan fingerprint density at radius 3 is 2.80 bits per heavy atom. The molecule has 0 aliphatic carbocycles. The first-order chi connectivity index (χ1) is 12.2. The van der Waals surface area contributed by atoms with Crippen molar-refractivity contribution in [2.75, 3.05) is 32.9 Å². The summed E-state index contributed by atoms with van der Waals surface area (Å²) in [5.74, 6) is 0.867. The standard InChI is InChI=1S/C18H25N5O2/c1-14-5-3-6-15(2)17(14)23-16(19-20-21-23)11-22-8-10-25-18(12-22)7-4-9-24-13-18/h3,5-6H,4,7-13H2,1-2H3. The lowest BCUT2D eigenvalue weighted by molar-refractivity contribution is -0.169. The molecule has 134 valence electrons. The summed E-state index contributed by atoms with van der Waals surface area (Å²) < 4.78 is 13.6. The summed E-state index contributed by atoms with van der Waals surface area (Å²) in [6.45, 7) is 8.92. The second-order valence-corrected chi connectivity index (χ2v) is 7.15. The van der Waals surface area contributed by atoms with E-state index < -0.39 is 0 Å². The van der Waals surface area contributed by atoms with E-state index in [2.05, 4.69) is 52.5 Å². The van der Waals surface area contributed by atoms with Crippen molar-refractivity contribution in [1.82, 2.24) is 25.1 Å². The van der Waals surface area contributed by atoms with Crippen LogP contribution in [0.15, 0.2) is 18.2 Å². The smallest absolute Gasteiger partial charge is 0.170 e. The predicted octanol–water partition coefficient (Wildman–Crippen LogP) is 1.66. The van der Waals surface area contributed by atoms with E-state index in [0.717, 1.165) is 50.7 Å². The number of para-hydroxylation sites is 1. The molecule has 7 heteroatoms. The fourth-order valence-electron chi connectivity index (χ4n) is 3.94. The zero-order valence-electron chi connectivity index (χ0n) is 14.9. The second kappa shape index (κ2) is 6.82. The number of nitrogens with zero attached hydrogens (tertiary/aromatic N) is 5. The molecule has 4 rings (SSSR count). The summed E-state index contributed by atoms with van der Waals surface area (Å²) in [6.07, 6.45) is 2.12. The Kier molecular flexibility index (Phi) is 4.54. The molecule has 7 nitrogen and oxygen atoms in total. The van der Waals surface area contributed by atoms with Crippen LogP contribution >= 0.6 is 0 Å². The normalized spacial score (nSPS) is 24.7. The number of ether oxygens (including phenoxy) is 2. The molecule has 0 bridgehead atoms. The van der Waals surface area contributed by atoms with Gasteiger partial charge < -0.3 is 9.47 Å². The van der Waals surface area contributed by atoms with Crippen molar-refractivity contribution in [3.8, 4) is 5.69 Å². The molecule has 1 atom stereocenters. The molecule has 2 fully saturated rings. The molecule has 1 aromatic carbocycles. The summed E-state index contributed by atoms with van der Waals surface area (Å²) in [4.78, 5) is 2.38. The molecule has 1 unspecified atom stereocenters. The van der Waals surface area contributed by atoms with E-state index in [4.69, 9.17) is 9.47 Å². The monoisotopic (exact) mass is 343 g/mol. The van der Waals surface area contributed by atoms with Gasteiger partial charge in [-0.15, -0.1) is 5.10 Å². The number of hydrogen-bond donors (Lipinski definition) is 0. The van der Waals surface area contributed by atoms with Crippen molar-refractivity contribution in [1.29, 1.82) is 0 Å². The van der Waals surface area contributed by atoms with Crippen molar-refractivity contribution in [2.24, 2.45) is 0 Å². The number of tetrazole rings is 1. The van der Waals surface area contributed by atoms with Gasteiger partial charge in [0.2, 0.25) is 0 Å². The summed E-state index contributed by atoms with van der Waals surface area (Å²) in [5.41, 5.74) is 3.26. The molecule has 1 aromatic heterocycles. The predicted molar refractivity (Wildman–Crippen MR) is 92.6 cm³/mol. The average Bonchev–Trinajstić information content (AvgIpc) is 3.03. The molecule has 2 aliphatic rings. The van der Waals surface area contributed by atoms with Crippen LogP contribution in [0.4, 0.5) is 0 Å². The Hall–Kier alpha value is -1.83. The maximum atomic E-state index is 6.08. The SMILES string of the molecule is Cc1cccc(C)c1-n1nnnc1CN1CCOC2(CCCOC2)C1. The third kappa shape index (κ3) is 3.31. The van der Waals surface area contributed by atoms with Crippen LogP contribution in [0.3, 0.4) is 0 Å². The van der Waals surface area contributed by atoms with E-state index in [0.29, 0.717) is 13.2 Å². The molecular formula is C18H25N5O2. The Balaban J connectivity index is 1.55. The number of benzene rings is 1. The summed E-state index contributed by atoms with van der Waals surface area (Å²) in [6, 6.07) is 6.25. The minimum absolute atomic E-state index is 0.159. The van der Waals surface area contributed by atoms with Gasteiger partial charge in [0.05, 0.1) is 25.4 Å². The Morgan fingerprint density at radius 1 is 1.20 bits per heavy atom. The maximum Gasteiger partial charge on any atom is 0.170 e. The molecular weight excluding hydrogens is 318 g/mol. The van der Waals surface area contributed by atoms with Crippen LogP contribution in [-0.4, -0.2) is 63.6 Å². The number of morpholine rings is 1. The van der Waals surface area contributed by atoms with Gasteiger partial charge in [0.1, 0.15) is 5.60 Å². The van der Waals surface area contributed by atoms with Crippen molar-refractivity contribution in [3.63, 3.8) is 0 Å². The van der Waals surface area contributed by atoms with Crippen LogP contribution in [-0.2, 0) is 16.0 Å². The molecule has 0 N–H and O–H groups in total. The number of hydrogen-bond acceptors (Lipinski definition) is 6. The average molecular weight is 343 g/mol. The van der Waals surface area contributed by atoms with Gasteiger partial charge in [0.25, 0.3) is 0 Å². The maximum absolute atomic E-state index is 6.08. The fraction of sp³-hybridized carbons (Fsp3) is 0.611. The quantitative estimate of drug-likeness (QED) is 0.844. The molecule has 1 spiro atoms. The Labute approximate surface area is 147 Å². The van der Waals surface area contributed by atoms with E-state index >= 15 is 0 Å². The van der Waals surface area contributed by atoms with Gasteiger partial charge in [0.15, 0.2) is 5.82 Å². The second-order valence-electron chi connectivity index (χ2n) is 7.15. The lowest BCUT2D eigenvalue weighted by Gasteiger charge is -2.44. The van der Waals surface area contributed by atoms with Crippen LogP contribution in [0, 0.1) is 13.8 Å². The molecule has 0 amide bonds. The summed E-state index contributed by atoms with van der Waals surface area (Å²) >= 11 is 0. The first-order valence-electron chi connectivity index (χ1n) is 8.95. The summed E-state index contributed by atoms with van der Waals surface area (Å²) in [7, 11) is 0. The molecule has 3 heterocycles. The van der Waals surface area contributed by atoms with Crippen LogP contribution < -0.4 is 0 Å². The minimum Gasteiger partial charge on any atom is -0.378 e. The third-order valence-electron chi connectivity index (χ3n) is 5.16. The number of aryl methyl sites for hydroxylation is 2. The fourth-order valence-corrected chi connectivity index (χ4v) is 3.94. The Morgan fingerprint density at radius 2 is 2.04 bits per heavy atom. The highest BCUT2D eigenvalue weighted by atomic mass is 16.5. The van der Waals surface area contributed by atoms with Crippen LogP contribution in [0.25, 0.3) is 5.69 Å². The van der Waals surface area contributed by atoms with E-state index in [1.165, 1.54) is 11.1 Å². The van der Waals surface area contributed by atoms with Crippen molar-refractivity contribution in [3.05, 3.63) is 35.2 Å². The van der Waals surface area contributed by atoms with Gasteiger partial charge >= 0.3 is 0 Å². The minimum atomic E-state index is -0.159. The lowest BCUT2D eigenvalue weighted by Crippen LogP contribution is -2.55. The van der Waals surface area contributed by atoms with E-state index in [9.17, 15) is 0 Å². The van der Waals surface area contributed by atoms with Crippen LogP contribution in [0.2, 0.25) is 0 Å². The molecule has 0 saturated carbocycles. The first kappa shape index (κ1) is 16.6. The number of rotatable bonds is 3. The van der Waals surface area contributed by atoms with Gasteiger partial charge in [-0.2, -0.15) is 4.68 Å².